The average molecular weight is 656 g/mol. The fourth-order valence-corrected chi connectivity index (χ4v) is 8.44. The molecule has 3 aliphatic heterocycles. The molecule has 0 radical (unpaired) electrons. The molecule has 11 heteroatoms. The first-order valence-electron chi connectivity index (χ1n) is 16.9. The highest BCUT2D eigenvalue weighted by Gasteiger charge is 2.51. The molecule has 4 fully saturated rings. The number of anilines is 1. The number of phenolic OH excluding ortho intramolecular Hbond substituents is 1. The van der Waals surface area contributed by atoms with Crippen LogP contribution in [0.5, 0.6) is 11.8 Å². The number of phenols is 1. The zero-order valence-corrected chi connectivity index (χ0v) is 27.1. The zero-order chi connectivity index (χ0) is 33.0. The van der Waals surface area contributed by atoms with Crippen LogP contribution in [0.15, 0.2) is 30.5 Å². The first-order chi connectivity index (χ1) is 23.3. The van der Waals surface area contributed by atoms with Crippen LogP contribution >= 0.6 is 0 Å². The van der Waals surface area contributed by atoms with Gasteiger partial charge in [0.1, 0.15) is 28.6 Å². The summed E-state index contributed by atoms with van der Waals surface area (Å²) < 4.78 is 49.7. The number of aromatic hydroxyl groups is 1. The number of fused-ring (bicyclic) bond motifs is 3. The lowest BCUT2D eigenvalue weighted by Crippen LogP contribution is -2.60. The molecular weight excluding hydrogens is 616 g/mol. The van der Waals surface area contributed by atoms with E-state index in [2.05, 4.69) is 32.6 Å². The number of halogens is 2. The summed E-state index contributed by atoms with van der Waals surface area (Å²) in [5.74, 6) is 1.67. The van der Waals surface area contributed by atoms with Gasteiger partial charge in [0.05, 0.1) is 50.0 Å². The van der Waals surface area contributed by atoms with Gasteiger partial charge >= 0.3 is 6.01 Å². The fourth-order valence-electron chi connectivity index (χ4n) is 8.44. The van der Waals surface area contributed by atoms with Crippen molar-refractivity contribution in [1.82, 2.24) is 19.9 Å². The standard InChI is InChI=1S/C37H39F2N5O4/c1-3-26-29(38)8-7-23-14-25(45)15-27(31(23)26)33-32(39)34-28(16-40-33)35(43-12-13-46-18-22(2)17-43)42-36(41-34)48-21-37-9-4-6-30(37)44(11-5-10-37)24-19-47-20-24/h1,7-8,14-16,22,24,30,45H,4-6,9-13,17-21H2,2H3. The summed E-state index contributed by atoms with van der Waals surface area (Å²) in [6, 6.07) is 6.53. The van der Waals surface area contributed by atoms with E-state index in [0.29, 0.717) is 61.6 Å². The summed E-state index contributed by atoms with van der Waals surface area (Å²) in [5.41, 5.74) is 0.0375. The van der Waals surface area contributed by atoms with Crippen molar-refractivity contribution in [2.75, 3.05) is 57.6 Å². The van der Waals surface area contributed by atoms with Gasteiger partial charge in [0.25, 0.3) is 0 Å². The number of terminal acetylenes is 1. The van der Waals surface area contributed by atoms with Crippen molar-refractivity contribution in [3.8, 4) is 35.4 Å². The molecule has 4 aliphatic rings. The Morgan fingerprint density at radius 1 is 1.10 bits per heavy atom. The molecule has 0 amide bonds. The number of aromatic nitrogens is 3. The van der Waals surface area contributed by atoms with E-state index in [0.717, 1.165) is 51.9 Å². The van der Waals surface area contributed by atoms with Crippen molar-refractivity contribution < 1.29 is 28.1 Å². The monoisotopic (exact) mass is 655 g/mol. The highest BCUT2D eigenvalue weighted by atomic mass is 19.1. The number of likely N-dealkylation sites (tertiary alicyclic amines) is 1. The van der Waals surface area contributed by atoms with Crippen LogP contribution in [0, 0.1) is 35.3 Å². The Kier molecular flexibility index (Phi) is 8.06. The van der Waals surface area contributed by atoms with E-state index in [1.165, 1.54) is 24.3 Å². The molecular formula is C37H39F2N5O4. The normalized spacial score (nSPS) is 25.1. The van der Waals surface area contributed by atoms with Gasteiger partial charge in [-0.25, -0.2) is 8.78 Å². The van der Waals surface area contributed by atoms with Crippen LogP contribution in [0.3, 0.4) is 0 Å². The summed E-state index contributed by atoms with van der Waals surface area (Å²) in [5, 5.41) is 11.8. The molecule has 3 atom stereocenters. The Hall–Kier alpha value is -4.11. The highest BCUT2D eigenvalue weighted by molar-refractivity contribution is 6.03. The second kappa shape index (κ2) is 12.4. The van der Waals surface area contributed by atoms with Crippen LogP contribution in [-0.2, 0) is 9.47 Å². The number of hydrogen-bond acceptors (Lipinski definition) is 9. The van der Waals surface area contributed by atoms with Crippen molar-refractivity contribution in [3.05, 3.63) is 47.7 Å². The van der Waals surface area contributed by atoms with Crippen molar-refractivity contribution in [3.63, 3.8) is 0 Å². The number of pyridine rings is 1. The Morgan fingerprint density at radius 2 is 1.96 bits per heavy atom. The van der Waals surface area contributed by atoms with Gasteiger partial charge in [-0.3, -0.25) is 9.88 Å². The molecule has 4 aromatic rings. The predicted octanol–water partition coefficient (Wildman–Crippen LogP) is 5.70. The second-order valence-electron chi connectivity index (χ2n) is 13.9. The summed E-state index contributed by atoms with van der Waals surface area (Å²) in [4.78, 5) is 18.8. The van der Waals surface area contributed by atoms with E-state index in [1.54, 1.807) is 6.20 Å². The zero-order valence-electron chi connectivity index (χ0n) is 27.1. The molecule has 0 spiro atoms. The fraction of sp³-hybridized carbons (Fsp3) is 0.486. The van der Waals surface area contributed by atoms with Crippen LogP contribution in [0.1, 0.15) is 44.6 Å². The van der Waals surface area contributed by atoms with Crippen LogP contribution in [-0.4, -0.2) is 89.7 Å². The maximum absolute atomic E-state index is 16.9. The van der Waals surface area contributed by atoms with E-state index in [4.69, 9.17) is 25.6 Å². The Balaban J connectivity index is 1.24. The van der Waals surface area contributed by atoms with Gasteiger partial charge in [-0.1, -0.05) is 25.3 Å². The summed E-state index contributed by atoms with van der Waals surface area (Å²) in [7, 11) is 0. The number of rotatable bonds is 6. The van der Waals surface area contributed by atoms with E-state index in [-0.39, 0.29) is 50.8 Å². The third-order valence-corrected chi connectivity index (χ3v) is 10.8. The molecule has 3 saturated heterocycles. The molecule has 1 saturated carbocycles. The van der Waals surface area contributed by atoms with Gasteiger partial charge < -0.3 is 24.2 Å². The van der Waals surface area contributed by atoms with Gasteiger partial charge in [0, 0.05) is 41.7 Å². The molecule has 2 aromatic heterocycles. The second-order valence-corrected chi connectivity index (χ2v) is 13.9. The number of ether oxygens (including phenoxy) is 3. The topological polar surface area (TPSA) is 93.1 Å². The average Bonchev–Trinajstić information content (AvgIpc) is 3.37. The van der Waals surface area contributed by atoms with Crippen LogP contribution in [0.25, 0.3) is 32.9 Å². The number of hydrogen-bond donors (Lipinski definition) is 1. The van der Waals surface area contributed by atoms with Gasteiger partial charge in [-0.2, -0.15) is 9.97 Å². The first-order valence-corrected chi connectivity index (χ1v) is 16.9. The lowest BCUT2D eigenvalue weighted by molar-refractivity contribution is -0.115. The van der Waals surface area contributed by atoms with Crippen molar-refractivity contribution in [1.29, 1.82) is 0 Å². The quantitative estimate of drug-likeness (QED) is 0.263. The molecule has 8 rings (SSSR count). The van der Waals surface area contributed by atoms with Gasteiger partial charge in [-0.05, 0) is 61.7 Å². The minimum absolute atomic E-state index is 0.0323. The maximum Gasteiger partial charge on any atom is 0.319 e. The Labute approximate surface area is 278 Å². The molecule has 3 unspecified atom stereocenters. The van der Waals surface area contributed by atoms with E-state index < -0.39 is 11.6 Å². The van der Waals surface area contributed by atoms with Gasteiger partial charge in [0.2, 0.25) is 0 Å². The lowest BCUT2D eigenvalue weighted by Gasteiger charge is -2.51. The van der Waals surface area contributed by atoms with Crippen LogP contribution in [0.2, 0.25) is 0 Å². The van der Waals surface area contributed by atoms with Crippen LogP contribution < -0.4 is 9.64 Å². The minimum Gasteiger partial charge on any atom is -0.508 e. The van der Waals surface area contributed by atoms with Gasteiger partial charge in [-0.15, -0.1) is 6.42 Å². The summed E-state index contributed by atoms with van der Waals surface area (Å²) in [6.45, 7) is 7.51. The highest BCUT2D eigenvalue weighted by Crippen LogP contribution is 2.49. The minimum atomic E-state index is -0.731. The maximum atomic E-state index is 16.9. The van der Waals surface area contributed by atoms with E-state index >= 15 is 4.39 Å². The molecule has 5 heterocycles. The third-order valence-electron chi connectivity index (χ3n) is 10.8. The molecule has 48 heavy (non-hydrogen) atoms. The van der Waals surface area contributed by atoms with Crippen LogP contribution in [0.4, 0.5) is 14.6 Å². The van der Waals surface area contributed by atoms with Gasteiger partial charge in [0.15, 0.2) is 5.82 Å². The molecule has 1 N–H and O–H groups in total. The number of benzene rings is 2. The predicted molar refractivity (Wildman–Crippen MR) is 178 cm³/mol. The van der Waals surface area contributed by atoms with Crippen molar-refractivity contribution >= 4 is 27.5 Å². The Bertz CT molecular complexity index is 1930. The van der Waals surface area contributed by atoms with E-state index in [1.807, 2.05) is 0 Å². The number of nitrogens with zero attached hydrogens (tertiary/aromatic N) is 5. The SMILES string of the molecule is C#Cc1c(F)ccc2cc(O)cc(-c3ncc4c(N5CCOCC(C)C5)nc(OCC56CCCC5N(C5COC5)CCC6)nc4c3F)c12. The molecule has 0 bridgehead atoms. The smallest absolute Gasteiger partial charge is 0.319 e. The first kappa shape index (κ1) is 31.2. The molecule has 1 aliphatic carbocycles. The third kappa shape index (κ3) is 5.31. The number of piperidine rings is 1. The lowest BCUT2D eigenvalue weighted by atomic mass is 9.75. The summed E-state index contributed by atoms with van der Waals surface area (Å²) >= 11 is 0. The van der Waals surface area contributed by atoms with Crippen molar-refractivity contribution in [2.24, 2.45) is 11.3 Å². The van der Waals surface area contributed by atoms with E-state index in [9.17, 15) is 9.50 Å². The molecule has 2 aromatic carbocycles. The largest absolute Gasteiger partial charge is 0.508 e. The van der Waals surface area contributed by atoms with Crippen molar-refractivity contribution in [2.45, 2.75) is 51.1 Å². The summed E-state index contributed by atoms with van der Waals surface area (Å²) in [6.07, 6.45) is 12.7. The Morgan fingerprint density at radius 3 is 2.77 bits per heavy atom. The molecule has 9 nitrogen and oxygen atoms in total. The molecule has 250 valence electrons.